The van der Waals surface area contributed by atoms with Crippen molar-refractivity contribution in [3.05, 3.63) is 0 Å². The molecule has 22 heavy (non-hydrogen) atoms. The average molecular weight is 386 g/mol. The Hall–Kier alpha value is -0.0866. The fraction of sp³-hybridized carbons (Fsp3) is 0.875. The summed E-state index contributed by atoms with van der Waals surface area (Å²) in [5.41, 5.74) is 0. The topological polar surface area (TPSA) is 80.3 Å². The number of unbranched alkanes of at least 4 members (excludes halogenated alkanes) is 9. The molecule has 0 amide bonds. The molecule has 0 aliphatic carbocycles. The predicted octanol–water partition coefficient (Wildman–Crippen LogP) is 2.35. The molecule has 0 fully saturated rings. The van der Waals surface area contributed by atoms with Gasteiger partial charge in [-0.25, -0.2) is 0 Å². The number of carbonyl (C=O) groups excluding carboxylic acids is 2. The van der Waals surface area contributed by atoms with E-state index in [1.807, 2.05) is 0 Å². The molecule has 0 aliphatic heterocycles. The van der Waals surface area contributed by atoms with E-state index in [1.54, 1.807) is 0 Å². The van der Waals surface area contributed by atoms with E-state index in [9.17, 15) is 0 Å². The van der Waals surface area contributed by atoms with Gasteiger partial charge in [-0.05, 0) is 26.0 Å². The Morgan fingerprint density at radius 1 is 0.727 bits per heavy atom. The summed E-state index contributed by atoms with van der Waals surface area (Å²) in [6, 6.07) is 0. The Kier molecular flexibility index (Phi) is 39.4. The molecule has 0 heterocycles. The summed E-state index contributed by atoms with van der Waals surface area (Å²) in [6.07, 6.45) is 14.2. The molecule has 6 heteroatoms. The Morgan fingerprint density at radius 3 is 1.18 bits per heavy atom. The van der Waals surface area contributed by atoms with Gasteiger partial charge in [-0.2, -0.15) is 12.6 Å². The largest absolute Gasteiger partial charge is 2.00 e. The van der Waals surface area contributed by atoms with Crippen LogP contribution in [-0.2, 0) is 29.1 Å². The van der Waals surface area contributed by atoms with Gasteiger partial charge in [0.25, 0.3) is 0 Å². The summed E-state index contributed by atoms with van der Waals surface area (Å²) >= 11 is 4.20. The summed E-state index contributed by atoms with van der Waals surface area (Å²) < 4.78 is 0. The molecule has 4 nitrogen and oxygen atoms in total. The molecule has 0 aromatic rings. The first kappa shape index (κ1) is 29.9. The standard InChI is InChI=1S/C12H26S.2C2H4O2.Zn/c1-2-3-4-5-6-7-8-9-10-11-12-13;2*1-2(3)4;/h13H,2-12H2,1H3;2*1H3,(H,3,4);/q;;;+2/p-2. The SMILES string of the molecule is CC(=O)[O-].CC(=O)[O-].CCCCCCCCCCCCS.[Zn+2]. The van der Waals surface area contributed by atoms with Crippen LogP contribution >= 0.6 is 12.6 Å². The van der Waals surface area contributed by atoms with Crippen molar-refractivity contribution in [2.45, 2.75) is 85.0 Å². The Balaban J connectivity index is -0.000000150. The molecule has 0 atom stereocenters. The molecule has 0 aromatic carbocycles. The van der Waals surface area contributed by atoms with Crippen molar-refractivity contribution in [3.63, 3.8) is 0 Å². The van der Waals surface area contributed by atoms with Crippen molar-refractivity contribution in [2.75, 3.05) is 5.75 Å². The summed E-state index contributed by atoms with van der Waals surface area (Å²) in [7, 11) is 0. The van der Waals surface area contributed by atoms with Crippen LogP contribution in [0.2, 0.25) is 0 Å². The van der Waals surface area contributed by atoms with Crippen LogP contribution in [0.1, 0.15) is 85.0 Å². The van der Waals surface area contributed by atoms with Crippen molar-refractivity contribution >= 4 is 24.6 Å². The molecular formula is C16H32O4SZn. The monoisotopic (exact) mass is 384 g/mol. The van der Waals surface area contributed by atoms with Crippen LogP contribution in [-0.4, -0.2) is 17.7 Å². The maximum Gasteiger partial charge on any atom is 2.00 e. The number of carboxylic acid groups (broad SMARTS) is 2. The van der Waals surface area contributed by atoms with Crippen LogP contribution in [0, 0.1) is 0 Å². The third-order valence-corrected chi connectivity index (χ3v) is 2.83. The second kappa shape index (κ2) is 29.0. The maximum atomic E-state index is 8.89. The van der Waals surface area contributed by atoms with Gasteiger partial charge < -0.3 is 19.8 Å². The number of hydrogen-bond donors (Lipinski definition) is 1. The van der Waals surface area contributed by atoms with Gasteiger partial charge in [0.05, 0.1) is 0 Å². The van der Waals surface area contributed by atoms with Gasteiger partial charge in [0.1, 0.15) is 0 Å². The van der Waals surface area contributed by atoms with E-state index in [0.717, 1.165) is 19.6 Å². The van der Waals surface area contributed by atoms with Gasteiger partial charge in [0.2, 0.25) is 0 Å². The second-order valence-electron chi connectivity index (χ2n) is 4.89. The first-order valence-electron chi connectivity index (χ1n) is 7.84. The van der Waals surface area contributed by atoms with Gasteiger partial charge in [0, 0.05) is 11.9 Å². The first-order chi connectivity index (χ1) is 9.88. The van der Waals surface area contributed by atoms with Gasteiger partial charge in [-0.15, -0.1) is 0 Å². The van der Waals surface area contributed by atoms with Crippen molar-refractivity contribution in [2.24, 2.45) is 0 Å². The normalized spacial score (nSPS) is 8.55. The first-order valence-corrected chi connectivity index (χ1v) is 8.47. The molecular weight excluding hydrogens is 354 g/mol. The fourth-order valence-electron chi connectivity index (χ4n) is 1.60. The Labute approximate surface area is 154 Å². The van der Waals surface area contributed by atoms with E-state index < -0.39 is 11.9 Å². The molecule has 0 saturated carbocycles. The second-order valence-corrected chi connectivity index (χ2v) is 5.34. The summed E-state index contributed by atoms with van der Waals surface area (Å²) in [5.74, 6) is -1.10. The van der Waals surface area contributed by atoms with E-state index in [0.29, 0.717) is 0 Å². The van der Waals surface area contributed by atoms with E-state index in [1.165, 1.54) is 64.2 Å². The quantitative estimate of drug-likeness (QED) is 0.355. The van der Waals surface area contributed by atoms with Gasteiger partial charge in [-0.1, -0.05) is 64.7 Å². The smallest absolute Gasteiger partial charge is 0.550 e. The van der Waals surface area contributed by atoms with Gasteiger partial charge in [0.15, 0.2) is 0 Å². The summed E-state index contributed by atoms with van der Waals surface area (Å²) in [4.78, 5) is 17.8. The molecule has 0 bridgehead atoms. The van der Waals surface area contributed by atoms with Crippen molar-refractivity contribution in [1.29, 1.82) is 0 Å². The summed E-state index contributed by atoms with van der Waals surface area (Å²) in [5, 5.41) is 17.8. The summed E-state index contributed by atoms with van der Waals surface area (Å²) in [6.45, 7) is 4.22. The minimum Gasteiger partial charge on any atom is -0.550 e. The van der Waals surface area contributed by atoms with Crippen LogP contribution < -0.4 is 10.2 Å². The number of hydrogen-bond acceptors (Lipinski definition) is 5. The number of rotatable bonds is 10. The predicted molar refractivity (Wildman–Crippen MR) is 87.1 cm³/mol. The van der Waals surface area contributed by atoms with Gasteiger partial charge in [-0.3, -0.25) is 0 Å². The molecule has 128 valence electrons. The average Bonchev–Trinajstić information content (AvgIpc) is 2.35. The van der Waals surface area contributed by atoms with Gasteiger partial charge >= 0.3 is 19.5 Å². The van der Waals surface area contributed by atoms with E-state index in [4.69, 9.17) is 19.8 Å². The van der Waals surface area contributed by atoms with Crippen LogP contribution in [0.4, 0.5) is 0 Å². The zero-order chi connectivity index (χ0) is 16.9. The number of thiol groups is 1. The van der Waals surface area contributed by atoms with Crippen LogP contribution in [0.5, 0.6) is 0 Å². The van der Waals surface area contributed by atoms with Crippen molar-refractivity contribution < 1.29 is 39.3 Å². The van der Waals surface area contributed by atoms with Crippen LogP contribution in [0.3, 0.4) is 0 Å². The number of carboxylic acids is 2. The minimum atomic E-state index is -1.08. The molecule has 0 saturated heterocycles. The maximum absolute atomic E-state index is 8.89. The molecule has 0 N–H and O–H groups in total. The molecule has 0 spiro atoms. The zero-order valence-corrected chi connectivity index (χ0v) is 18.4. The Morgan fingerprint density at radius 2 is 0.955 bits per heavy atom. The van der Waals surface area contributed by atoms with Crippen molar-refractivity contribution in [1.82, 2.24) is 0 Å². The van der Waals surface area contributed by atoms with E-state index >= 15 is 0 Å². The Bertz CT molecular complexity index is 196. The third-order valence-electron chi connectivity index (χ3n) is 2.51. The van der Waals surface area contributed by atoms with E-state index in [-0.39, 0.29) is 19.5 Å². The fourth-order valence-corrected chi connectivity index (χ4v) is 1.82. The minimum absolute atomic E-state index is 0. The zero-order valence-electron chi connectivity index (χ0n) is 14.6. The molecule has 0 aromatic heterocycles. The molecule has 0 radical (unpaired) electrons. The van der Waals surface area contributed by atoms with Crippen LogP contribution in [0.25, 0.3) is 0 Å². The third kappa shape index (κ3) is 72.5. The number of aliphatic carboxylic acids is 2. The number of carbonyl (C=O) groups is 2. The van der Waals surface area contributed by atoms with E-state index in [2.05, 4.69) is 19.6 Å². The van der Waals surface area contributed by atoms with Crippen LogP contribution in [0.15, 0.2) is 0 Å². The molecule has 0 unspecified atom stereocenters. The van der Waals surface area contributed by atoms with Crippen molar-refractivity contribution in [3.8, 4) is 0 Å². The molecule has 0 aliphatic rings. The molecule has 0 rings (SSSR count).